The number of aryl methyl sites for hydroxylation is 1. The van der Waals surface area contributed by atoms with E-state index in [4.69, 9.17) is 16.7 Å². The van der Waals surface area contributed by atoms with Crippen LogP contribution in [-0.2, 0) is 16.8 Å². The van der Waals surface area contributed by atoms with Gasteiger partial charge in [0.1, 0.15) is 0 Å². The van der Waals surface area contributed by atoms with Gasteiger partial charge in [0.05, 0.1) is 5.69 Å². The van der Waals surface area contributed by atoms with Crippen LogP contribution in [0.3, 0.4) is 0 Å². The van der Waals surface area contributed by atoms with Crippen molar-refractivity contribution >= 4 is 34.0 Å². The first-order valence-electron chi connectivity index (χ1n) is 10.5. The fraction of sp³-hybridized carbons (Fsp3) is 0.320. The van der Waals surface area contributed by atoms with E-state index in [1.165, 1.54) is 0 Å². The zero-order valence-electron chi connectivity index (χ0n) is 17.1. The average Bonchev–Trinajstić information content (AvgIpc) is 2.97. The van der Waals surface area contributed by atoms with E-state index in [9.17, 15) is 9.90 Å². The molecule has 30 heavy (non-hydrogen) atoms. The largest absolute Gasteiger partial charge is 0.396 e. The van der Waals surface area contributed by atoms with E-state index in [1.807, 2.05) is 61.5 Å². The molecule has 0 saturated carbocycles. The summed E-state index contributed by atoms with van der Waals surface area (Å²) in [5.74, 6) is -0.357. The molecule has 0 bridgehead atoms. The van der Waals surface area contributed by atoms with E-state index in [-0.39, 0.29) is 12.5 Å². The van der Waals surface area contributed by atoms with Crippen molar-refractivity contribution in [1.29, 1.82) is 0 Å². The maximum atomic E-state index is 13.5. The van der Waals surface area contributed by atoms with E-state index in [2.05, 4.69) is 0 Å². The maximum absolute atomic E-state index is 13.5. The number of aliphatic hydroxyl groups excluding tert-OH is 1. The van der Waals surface area contributed by atoms with Gasteiger partial charge in [-0.25, -0.2) is 0 Å². The Hall–Kier alpha value is -2.40. The Labute approximate surface area is 181 Å². The molecule has 5 heteroatoms. The first-order chi connectivity index (χ1) is 14.5. The molecule has 156 valence electrons. The SMILES string of the molecule is CCCN1C(=O)C(O)(c2ccc3ccccc3c2)c2c(Cl)cc(CCCCO)cc21. The lowest BCUT2D eigenvalue weighted by Gasteiger charge is -2.24. The lowest BCUT2D eigenvalue weighted by Crippen LogP contribution is -2.41. The molecule has 1 atom stereocenters. The normalized spacial score (nSPS) is 18.3. The molecule has 2 N–H and O–H groups in total. The summed E-state index contributed by atoms with van der Waals surface area (Å²) in [7, 11) is 0. The van der Waals surface area contributed by atoms with Gasteiger partial charge in [0.15, 0.2) is 5.60 Å². The first-order valence-corrected chi connectivity index (χ1v) is 10.9. The zero-order valence-corrected chi connectivity index (χ0v) is 17.8. The van der Waals surface area contributed by atoms with Gasteiger partial charge in [-0.1, -0.05) is 54.9 Å². The number of benzene rings is 3. The smallest absolute Gasteiger partial charge is 0.268 e. The molecule has 3 aromatic carbocycles. The van der Waals surface area contributed by atoms with Crippen molar-refractivity contribution in [1.82, 2.24) is 0 Å². The van der Waals surface area contributed by atoms with Crippen LogP contribution in [-0.4, -0.2) is 29.3 Å². The fourth-order valence-electron chi connectivity index (χ4n) is 4.34. The fourth-order valence-corrected chi connectivity index (χ4v) is 4.72. The van der Waals surface area contributed by atoms with E-state index >= 15 is 0 Å². The highest BCUT2D eigenvalue weighted by Gasteiger charge is 2.52. The van der Waals surface area contributed by atoms with Crippen LogP contribution in [0.15, 0.2) is 54.6 Å². The number of amides is 1. The molecule has 0 aromatic heterocycles. The van der Waals surface area contributed by atoms with Crippen LogP contribution in [0.4, 0.5) is 5.69 Å². The molecule has 4 rings (SSSR count). The molecule has 1 aliphatic rings. The van der Waals surface area contributed by atoms with Crippen LogP contribution in [0.1, 0.15) is 42.9 Å². The van der Waals surface area contributed by atoms with E-state index in [0.717, 1.165) is 35.6 Å². The van der Waals surface area contributed by atoms with Gasteiger partial charge >= 0.3 is 0 Å². The molecule has 1 heterocycles. The molecule has 0 saturated heterocycles. The van der Waals surface area contributed by atoms with Crippen LogP contribution in [0.2, 0.25) is 5.02 Å². The lowest BCUT2D eigenvalue weighted by molar-refractivity contribution is -0.132. The first kappa shape index (κ1) is 20.9. The molecular weight excluding hydrogens is 398 g/mol. The van der Waals surface area contributed by atoms with E-state index < -0.39 is 5.60 Å². The summed E-state index contributed by atoms with van der Waals surface area (Å²) in [4.78, 5) is 15.2. The number of hydrogen-bond acceptors (Lipinski definition) is 3. The van der Waals surface area contributed by atoms with Gasteiger partial charge in [-0.2, -0.15) is 0 Å². The molecule has 4 nitrogen and oxygen atoms in total. The van der Waals surface area contributed by atoms with Crippen molar-refractivity contribution in [2.24, 2.45) is 0 Å². The summed E-state index contributed by atoms with van der Waals surface area (Å²) in [6.45, 7) is 2.67. The number of carbonyl (C=O) groups is 1. The van der Waals surface area contributed by atoms with Crippen LogP contribution >= 0.6 is 11.6 Å². The minimum atomic E-state index is -1.81. The molecule has 1 unspecified atom stereocenters. The molecular formula is C25H26ClNO3. The molecule has 0 spiro atoms. The molecule has 0 radical (unpaired) electrons. The van der Waals surface area contributed by atoms with Crippen LogP contribution in [0.25, 0.3) is 10.8 Å². The van der Waals surface area contributed by atoms with Crippen molar-refractivity contribution in [3.63, 3.8) is 0 Å². The predicted molar refractivity (Wildman–Crippen MR) is 121 cm³/mol. The van der Waals surface area contributed by atoms with Crippen LogP contribution < -0.4 is 4.90 Å². The number of halogens is 1. The maximum Gasteiger partial charge on any atom is 0.268 e. The summed E-state index contributed by atoms with van der Waals surface area (Å²) in [5.41, 5.74) is 0.868. The third-order valence-corrected chi connectivity index (χ3v) is 6.12. The second-order valence-corrected chi connectivity index (χ2v) is 8.29. The van der Waals surface area contributed by atoms with Crippen molar-refractivity contribution in [2.45, 2.75) is 38.2 Å². The van der Waals surface area contributed by atoms with Gasteiger partial charge in [0.2, 0.25) is 0 Å². The Morgan fingerprint density at radius 1 is 1.03 bits per heavy atom. The standard InChI is InChI=1S/C25H26ClNO3/c1-2-12-27-22-15-17(7-5-6-13-28)14-21(26)23(22)25(30,24(27)29)20-11-10-18-8-3-4-9-19(18)16-20/h3-4,8-11,14-16,28,30H,2,5-7,12-13H2,1H3. The van der Waals surface area contributed by atoms with Gasteiger partial charge in [-0.3, -0.25) is 4.79 Å². The highest BCUT2D eigenvalue weighted by atomic mass is 35.5. The molecule has 0 aliphatic carbocycles. The van der Waals surface area contributed by atoms with Crippen molar-refractivity contribution in [2.75, 3.05) is 18.1 Å². The number of fused-ring (bicyclic) bond motifs is 2. The predicted octanol–water partition coefficient (Wildman–Crippen LogP) is 4.80. The zero-order chi connectivity index (χ0) is 21.3. The summed E-state index contributed by atoms with van der Waals surface area (Å²) in [5, 5.41) is 23.3. The molecule has 3 aromatic rings. The molecule has 1 aliphatic heterocycles. The number of carbonyl (C=O) groups excluding carboxylic acids is 1. The van der Waals surface area contributed by atoms with Gasteiger partial charge in [0.25, 0.3) is 5.91 Å². The van der Waals surface area contributed by atoms with Crippen LogP contribution in [0, 0.1) is 0 Å². The Balaban J connectivity index is 1.86. The highest BCUT2D eigenvalue weighted by molar-refractivity contribution is 6.33. The van der Waals surface area contributed by atoms with Gasteiger partial charge < -0.3 is 15.1 Å². The lowest BCUT2D eigenvalue weighted by atomic mass is 9.85. The Kier molecular flexibility index (Phi) is 5.83. The quantitative estimate of drug-likeness (QED) is 0.536. The number of hydrogen-bond donors (Lipinski definition) is 2. The minimum Gasteiger partial charge on any atom is -0.396 e. The second kappa shape index (κ2) is 8.38. The molecule has 1 amide bonds. The van der Waals surface area contributed by atoms with E-state index in [1.54, 1.807) is 4.90 Å². The number of anilines is 1. The summed E-state index contributed by atoms with van der Waals surface area (Å²) in [6, 6.07) is 17.3. The number of rotatable bonds is 7. The third-order valence-electron chi connectivity index (χ3n) is 5.82. The monoisotopic (exact) mass is 423 g/mol. The Morgan fingerprint density at radius 2 is 1.80 bits per heavy atom. The summed E-state index contributed by atoms with van der Waals surface area (Å²) in [6.07, 6.45) is 3.08. The summed E-state index contributed by atoms with van der Waals surface area (Å²) < 4.78 is 0. The Bertz CT molecular complexity index is 1100. The van der Waals surface area contributed by atoms with Crippen molar-refractivity contribution in [3.8, 4) is 0 Å². The molecule has 0 fully saturated rings. The van der Waals surface area contributed by atoms with Crippen LogP contribution in [0.5, 0.6) is 0 Å². The summed E-state index contributed by atoms with van der Waals surface area (Å²) >= 11 is 6.68. The number of aliphatic hydroxyl groups is 2. The third kappa shape index (κ3) is 3.39. The number of unbranched alkanes of at least 4 members (excludes halogenated alkanes) is 1. The number of nitrogens with zero attached hydrogens (tertiary/aromatic N) is 1. The minimum absolute atomic E-state index is 0.154. The van der Waals surface area contributed by atoms with Gasteiger partial charge in [-0.05, 0) is 65.8 Å². The average molecular weight is 424 g/mol. The van der Waals surface area contributed by atoms with Crippen molar-refractivity contribution in [3.05, 3.63) is 76.3 Å². The van der Waals surface area contributed by atoms with Crippen molar-refractivity contribution < 1.29 is 15.0 Å². The van der Waals surface area contributed by atoms with Gasteiger partial charge in [0, 0.05) is 23.7 Å². The topological polar surface area (TPSA) is 60.8 Å². The highest BCUT2D eigenvalue weighted by Crippen LogP contribution is 2.49. The second-order valence-electron chi connectivity index (χ2n) is 7.88. The Morgan fingerprint density at radius 3 is 2.53 bits per heavy atom. The van der Waals surface area contributed by atoms with E-state index in [0.29, 0.717) is 34.8 Å². The van der Waals surface area contributed by atoms with Gasteiger partial charge in [-0.15, -0.1) is 0 Å².